The summed E-state index contributed by atoms with van der Waals surface area (Å²) in [6, 6.07) is 0. The van der Waals surface area contributed by atoms with Crippen molar-refractivity contribution in [2.45, 2.75) is 98.2 Å². The Kier molecular flexibility index (Phi) is 9.84. The lowest BCUT2D eigenvalue weighted by Gasteiger charge is -2.39. The lowest BCUT2D eigenvalue weighted by molar-refractivity contribution is 0.443. The van der Waals surface area contributed by atoms with E-state index in [0.717, 1.165) is 12.8 Å². The van der Waals surface area contributed by atoms with Gasteiger partial charge in [-0.3, -0.25) is 0 Å². The van der Waals surface area contributed by atoms with Gasteiger partial charge in [-0.25, -0.2) is 0 Å². The van der Waals surface area contributed by atoms with Gasteiger partial charge in [0, 0.05) is 5.92 Å². The smallest absolute Gasteiger partial charge is 0.272 e. The lowest BCUT2D eigenvalue weighted by Crippen LogP contribution is -2.46. The van der Waals surface area contributed by atoms with Crippen LogP contribution in [0.2, 0.25) is 16.6 Å². The van der Waals surface area contributed by atoms with Gasteiger partial charge in [-0.2, -0.15) is 0 Å². The maximum Gasteiger partial charge on any atom is 0.272 e. The molecule has 1 unspecified atom stereocenters. The van der Waals surface area contributed by atoms with Gasteiger partial charge in [-0.15, -0.1) is 0 Å². The Morgan fingerprint density at radius 1 is 1.05 bits per heavy atom. The van der Waals surface area contributed by atoms with Crippen molar-refractivity contribution >= 4 is 8.32 Å². The molecule has 0 amide bonds. The molecule has 0 aromatic rings. The first-order valence-corrected chi connectivity index (χ1v) is 11.2. The molecule has 1 nitrogen and oxygen atoms in total. The molecule has 0 aliphatic carbocycles. The van der Waals surface area contributed by atoms with Crippen molar-refractivity contribution < 1.29 is 4.43 Å². The second-order valence-electron chi connectivity index (χ2n) is 7.49. The maximum atomic E-state index is 6.36. The van der Waals surface area contributed by atoms with E-state index in [1.165, 1.54) is 12.0 Å². The number of allylic oxidation sites excluding steroid dienone is 2. The predicted molar refractivity (Wildman–Crippen MR) is 102 cm³/mol. The minimum Gasteiger partial charge on any atom is -0.500 e. The third-order valence-corrected chi connectivity index (χ3v) is 10.8. The average Bonchev–Trinajstić information content (AvgIpc) is 2.42. The van der Waals surface area contributed by atoms with Gasteiger partial charge in [0.1, 0.15) is 0 Å². The molecule has 0 spiro atoms. The molecule has 0 saturated carbocycles. The molecule has 0 N–H and O–H groups in total. The molecule has 1 atom stereocenters. The van der Waals surface area contributed by atoms with Crippen molar-refractivity contribution in [1.82, 2.24) is 0 Å². The molecule has 0 rings (SSSR count). The highest BCUT2D eigenvalue weighted by Gasteiger charge is 2.46. The number of hydrogen-bond acceptors (Lipinski definition) is 1. The van der Waals surface area contributed by atoms with Crippen molar-refractivity contribution in [3.8, 4) is 12.0 Å². The van der Waals surface area contributed by atoms with Crippen LogP contribution in [-0.4, -0.2) is 8.32 Å². The van der Waals surface area contributed by atoms with Crippen LogP contribution in [0.1, 0.15) is 81.6 Å². The highest BCUT2D eigenvalue weighted by Crippen LogP contribution is 2.41. The molecule has 128 valence electrons. The minimum atomic E-state index is -1.85. The molecule has 0 saturated heterocycles. The van der Waals surface area contributed by atoms with E-state index in [9.17, 15) is 0 Å². The topological polar surface area (TPSA) is 9.23 Å². The third-order valence-electron chi connectivity index (χ3n) is 4.90. The second kappa shape index (κ2) is 10.2. The first-order chi connectivity index (χ1) is 10.2. The van der Waals surface area contributed by atoms with Gasteiger partial charge >= 0.3 is 0 Å². The molecule has 0 radical (unpaired) electrons. The largest absolute Gasteiger partial charge is 0.500 e. The van der Waals surface area contributed by atoms with E-state index in [-0.39, 0.29) is 0 Å². The molecule has 2 heteroatoms. The SMILES string of the molecule is C/C=C(\C)CC(C#CO[Si](C(C)C)(C(C)C)C(C)C)CCC. The van der Waals surface area contributed by atoms with Crippen LogP contribution in [0.15, 0.2) is 11.6 Å². The molecular formula is C20H38OSi. The zero-order chi connectivity index (χ0) is 17.3. The normalized spacial score (nSPS) is 14.3. The summed E-state index contributed by atoms with van der Waals surface area (Å²) in [5, 5.41) is 0. The first kappa shape index (κ1) is 21.3. The average molecular weight is 323 g/mol. The van der Waals surface area contributed by atoms with Gasteiger partial charge in [0.15, 0.2) is 0 Å². The fourth-order valence-corrected chi connectivity index (χ4v) is 8.58. The monoisotopic (exact) mass is 322 g/mol. The van der Waals surface area contributed by atoms with Crippen molar-refractivity contribution in [3.05, 3.63) is 11.6 Å². The van der Waals surface area contributed by atoms with Crippen LogP contribution in [0.3, 0.4) is 0 Å². The van der Waals surface area contributed by atoms with E-state index in [0.29, 0.717) is 22.5 Å². The minimum absolute atomic E-state index is 0.430. The van der Waals surface area contributed by atoms with E-state index in [1.54, 1.807) is 0 Å². The zero-order valence-electron chi connectivity index (χ0n) is 16.4. The van der Waals surface area contributed by atoms with Gasteiger partial charge < -0.3 is 4.43 Å². The molecule has 0 bridgehead atoms. The molecule has 0 aliphatic rings. The van der Waals surface area contributed by atoms with Crippen molar-refractivity contribution in [2.24, 2.45) is 5.92 Å². The number of hydrogen-bond donors (Lipinski definition) is 0. The first-order valence-electron chi connectivity index (χ1n) is 9.02. The van der Waals surface area contributed by atoms with Crippen LogP contribution in [-0.2, 0) is 4.43 Å². The molecular weight excluding hydrogens is 284 g/mol. The second-order valence-corrected chi connectivity index (χ2v) is 12.9. The fourth-order valence-electron chi connectivity index (χ4n) is 3.63. The van der Waals surface area contributed by atoms with Crippen LogP contribution in [0.5, 0.6) is 0 Å². The third kappa shape index (κ3) is 5.84. The standard InChI is InChI=1S/C20H38OSi/c1-10-12-20(15-19(9)11-2)13-14-21-22(16(3)4,17(5)6)18(7)8/h11,16-18,20H,10,12,15H2,1-9H3/b19-11+. The summed E-state index contributed by atoms with van der Waals surface area (Å²) in [6.07, 6.45) is 8.77. The molecule has 22 heavy (non-hydrogen) atoms. The van der Waals surface area contributed by atoms with Crippen molar-refractivity contribution in [2.75, 3.05) is 0 Å². The Morgan fingerprint density at radius 2 is 1.55 bits per heavy atom. The van der Waals surface area contributed by atoms with Crippen LogP contribution in [0, 0.1) is 17.9 Å². The van der Waals surface area contributed by atoms with Crippen LogP contribution < -0.4 is 0 Å². The highest BCUT2D eigenvalue weighted by atomic mass is 28.4. The van der Waals surface area contributed by atoms with E-state index in [1.807, 2.05) is 0 Å². The fraction of sp³-hybridized carbons (Fsp3) is 0.800. The van der Waals surface area contributed by atoms with E-state index >= 15 is 0 Å². The molecule has 0 heterocycles. The molecule has 0 aromatic carbocycles. The van der Waals surface area contributed by atoms with Gasteiger partial charge in [0.25, 0.3) is 8.32 Å². The van der Waals surface area contributed by atoms with Crippen molar-refractivity contribution in [3.63, 3.8) is 0 Å². The quantitative estimate of drug-likeness (QED) is 0.268. The maximum absolute atomic E-state index is 6.36. The van der Waals surface area contributed by atoms with Gasteiger partial charge in [-0.05, 0) is 43.3 Å². The summed E-state index contributed by atoms with van der Waals surface area (Å²) < 4.78 is 6.36. The van der Waals surface area contributed by atoms with Gasteiger partial charge in [-0.1, -0.05) is 72.5 Å². The Balaban J connectivity index is 5.18. The van der Waals surface area contributed by atoms with E-state index < -0.39 is 8.32 Å². The van der Waals surface area contributed by atoms with Crippen molar-refractivity contribution in [1.29, 1.82) is 0 Å². The Bertz CT molecular complexity index is 374. The summed E-state index contributed by atoms with van der Waals surface area (Å²) in [7, 11) is -1.85. The summed E-state index contributed by atoms with van der Waals surface area (Å²) in [4.78, 5) is 0. The predicted octanol–water partition coefficient (Wildman–Crippen LogP) is 6.91. The van der Waals surface area contributed by atoms with Crippen LogP contribution in [0.4, 0.5) is 0 Å². The molecule has 0 aliphatic heterocycles. The highest BCUT2D eigenvalue weighted by molar-refractivity contribution is 6.77. The summed E-state index contributed by atoms with van der Waals surface area (Å²) in [6.45, 7) is 20.4. The van der Waals surface area contributed by atoms with Gasteiger partial charge in [0.2, 0.25) is 0 Å². The van der Waals surface area contributed by atoms with Gasteiger partial charge in [0.05, 0.1) is 6.11 Å². The zero-order valence-corrected chi connectivity index (χ0v) is 17.4. The Hall–Kier alpha value is -0.683. The number of rotatable bonds is 8. The summed E-state index contributed by atoms with van der Waals surface area (Å²) >= 11 is 0. The molecule has 0 fully saturated rings. The van der Waals surface area contributed by atoms with Crippen LogP contribution >= 0.6 is 0 Å². The summed E-state index contributed by atoms with van der Waals surface area (Å²) in [5.74, 6) is 3.86. The Labute approximate surface area is 141 Å². The van der Waals surface area contributed by atoms with E-state index in [4.69, 9.17) is 4.43 Å². The molecule has 0 aromatic heterocycles. The van der Waals surface area contributed by atoms with E-state index in [2.05, 4.69) is 80.4 Å². The van der Waals surface area contributed by atoms with Crippen LogP contribution in [0.25, 0.3) is 0 Å². The lowest BCUT2D eigenvalue weighted by atomic mass is 9.96. The Morgan fingerprint density at radius 3 is 1.91 bits per heavy atom. The summed E-state index contributed by atoms with van der Waals surface area (Å²) in [5.41, 5.74) is 3.18.